The molecule has 4 aliphatic heterocycles. The Kier molecular flexibility index (Phi) is 5.69. The molecule has 3 aromatic rings. The van der Waals surface area contributed by atoms with Gasteiger partial charge < -0.3 is 0 Å². The van der Waals surface area contributed by atoms with Gasteiger partial charge in [0.25, 0.3) is 0 Å². The molecule has 0 spiro atoms. The second kappa shape index (κ2) is 8.69. The molecule has 4 heteroatoms. The van der Waals surface area contributed by atoms with Gasteiger partial charge >= 0.3 is 236 Å². The molecule has 0 N–H and O–H groups in total. The second-order valence-corrected chi connectivity index (χ2v) is 16.7. The molecule has 0 saturated heterocycles. The predicted molar refractivity (Wildman–Crippen MR) is 158 cm³/mol. The zero-order chi connectivity index (χ0) is 26.5. The first-order chi connectivity index (χ1) is 18.2. The molecule has 0 bridgehead atoms. The van der Waals surface area contributed by atoms with Crippen LogP contribution in [-0.4, -0.2) is 46.6 Å². The summed E-state index contributed by atoms with van der Waals surface area (Å²) in [6.07, 6.45) is 5.72. The Morgan fingerprint density at radius 2 is 1.66 bits per heavy atom. The molecule has 0 aromatic heterocycles. The Labute approximate surface area is 234 Å². The van der Waals surface area contributed by atoms with Crippen molar-refractivity contribution in [3.8, 4) is 0 Å². The fourth-order valence-corrected chi connectivity index (χ4v) is 12.3. The van der Waals surface area contributed by atoms with Crippen LogP contribution in [0.3, 0.4) is 0 Å². The van der Waals surface area contributed by atoms with Crippen LogP contribution in [-0.2, 0) is 18.3 Å². The van der Waals surface area contributed by atoms with Crippen LogP contribution in [0.25, 0.3) is 5.57 Å². The van der Waals surface area contributed by atoms with E-state index in [2.05, 4.69) is 81.5 Å². The number of nitrogens with zero attached hydrogens (tertiary/aromatic N) is 2. The van der Waals surface area contributed by atoms with Crippen molar-refractivity contribution >= 4 is 38.4 Å². The van der Waals surface area contributed by atoms with Gasteiger partial charge in [0.15, 0.2) is 0 Å². The SMILES string of the molecule is Cc1cc(C)c(C2=c3cc4c5c(c3[Te+]([O-])c3cc6c(cc32)C(C)(C)CCN6C)CCC[N+]=5CCC4)c(C)c1. The molecular formula is C34H39N2OTe+. The number of hydrogen-bond donors (Lipinski definition) is 0. The number of hydrogen-bond acceptors (Lipinski definition) is 2. The molecule has 0 atom stereocenters. The Morgan fingerprint density at radius 1 is 0.947 bits per heavy atom. The number of fused-ring (bicyclic) bond motifs is 4. The summed E-state index contributed by atoms with van der Waals surface area (Å²) in [5.74, 6) is 0. The Hall–Kier alpha value is -2.12. The van der Waals surface area contributed by atoms with Gasteiger partial charge in [-0.1, -0.05) is 0 Å². The van der Waals surface area contributed by atoms with E-state index in [1.165, 1.54) is 82.8 Å². The maximum absolute atomic E-state index is 14.9. The number of aryl methyl sites for hydroxylation is 4. The number of rotatable bonds is 1. The molecule has 196 valence electrons. The molecule has 4 aliphatic rings. The van der Waals surface area contributed by atoms with E-state index in [1.54, 1.807) is 0 Å². The van der Waals surface area contributed by atoms with E-state index >= 15 is 0 Å². The minimum absolute atomic E-state index is 0.103. The van der Waals surface area contributed by atoms with Crippen molar-refractivity contribution in [1.29, 1.82) is 0 Å². The predicted octanol–water partition coefficient (Wildman–Crippen LogP) is 2.14. The molecule has 3 nitrogen and oxygen atoms in total. The molecule has 3 aromatic carbocycles. The van der Waals surface area contributed by atoms with Crippen molar-refractivity contribution in [2.75, 3.05) is 31.6 Å². The molecule has 0 fully saturated rings. The van der Waals surface area contributed by atoms with Crippen LogP contribution < -0.4 is 30.7 Å². The molecule has 0 saturated carbocycles. The quantitative estimate of drug-likeness (QED) is 0.309. The molecule has 4 heterocycles. The van der Waals surface area contributed by atoms with E-state index in [-0.39, 0.29) is 5.41 Å². The van der Waals surface area contributed by atoms with Crippen LogP contribution in [0.4, 0.5) is 5.69 Å². The molecular weight excluding hydrogens is 580 g/mol. The van der Waals surface area contributed by atoms with Crippen molar-refractivity contribution in [2.24, 2.45) is 0 Å². The summed E-state index contributed by atoms with van der Waals surface area (Å²) in [7, 11) is 2.21. The fraction of sp³-hybridized carbons (Fsp3) is 0.441. The third-order valence-electron chi connectivity index (χ3n) is 9.63. The summed E-state index contributed by atoms with van der Waals surface area (Å²) in [5.41, 5.74) is 13.6. The monoisotopic (exact) mass is 621 g/mol. The normalized spacial score (nSPS) is 19.6. The molecule has 0 aliphatic carbocycles. The zero-order valence-corrected chi connectivity index (χ0v) is 26.1. The fourth-order valence-electron chi connectivity index (χ4n) is 7.81. The van der Waals surface area contributed by atoms with Gasteiger partial charge in [0.2, 0.25) is 0 Å². The number of benzene rings is 3. The summed E-state index contributed by atoms with van der Waals surface area (Å²) in [6, 6.07) is 12.0. The van der Waals surface area contributed by atoms with Crippen molar-refractivity contribution < 1.29 is 3.47 Å². The standard InChI is InChI=1S/C34H39N2OTe/c1-20-15-21(2)30(22(3)16-20)31-25-18-27-28(35(6)14-11-34(27,4)5)19-29(25)38(37)33-24-10-8-13-36-12-7-9-23(32(24)36)17-26(31)33/h15-19H,7-14H2,1-6H3/q+1. The van der Waals surface area contributed by atoms with Crippen LogP contribution in [0.5, 0.6) is 0 Å². The van der Waals surface area contributed by atoms with E-state index in [4.69, 9.17) is 0 Å². The van der Waals surface area contributed by atoms with E-state index < -0.39 is 20.0 Å². The molecule has 0 radical (unpaired) electrons. The van der Waals surface area contributed by atoms with Crippen molar-refractivity contribution in [3.05, 3.63) is 85.4 Å². The van der Waals surface area contributed by atoms with Gasteiger partial charge in [-0.25, -0.2) is 0 Å². The van der Waals surface area contributed by atoms with Crippen molar-refractivity contribution in [2.45, 2.75) is 72.1 Å². The van der Waals surface area contributed by atoms with Crippen molar-refractivity contribution in [1.82, 2.24) is 4.58 Å². The summed E-state index contributed by atoms with van der Waals surface area (Å²) >= 11 is -3.04. The zero-order valence-electron chi connectivity index (χ0n) is 23.8. The summed E-state index contributed by atoms with van der Waals surface area (Å²) in [4.78, 5) is 2.39. The molecule has 7 rings (SSSR count). The van der Waals surface area contributed by atoms with Crippen LogP contribution in [0.2, 0.25) is 0 Å². The van der Waals surface area contributed by atoms with Crippen LogP contribution in [0.15, 0.2) is 30.3 Å². The van der Waals surface area contributed by atoms with Gasteiger partial charge in [-0.2, -0.15) is 0 Å². The molecule has 38 heavy (non-hydrogen) atoms. The summed E-state index contributed by atoms with van der Waals surface area (Å²) in [5, 5.41) is 2.73. The first kappa shape index (κ1) is 24.9. The maximum atomic E-state index is 14.9. The minimum atomic E-state index is -3.04. The second-order valence-electron chi connectivity index (χ2n) is 12.8. The first-order valence-corrected chi connectivity index (χ1v) is 17.6. The van der Waals surface area contributed by atoms with Crippen molar-refractivity contribution in [3.63, 3.8) is 0 Å². The van der Waals surface area contributed by atoms with Crippen LogP contribution in [0, 0.1) is 20.8 Å². The third kappa shape index (κ3) is 3.53. The van der Waals surface area contributed by atoms with Crippen LogP contribution in [0.1, 0.15) is 77.6 Å². The summed E-state index contributed by atoms with van der Waals surface area (Å²) in [6.45, 7) is 14.8. The Bertz CT molecular complexity index is 1640. The van der Waals surface area contributed by atoms with E-state index in [0.29, 0.717) is 0 Å². The summed E-state index contributed by atoms with van der Waals surface area (Å²) < 4.78 is 19.8. The van der Waals surface area contributed by atoms with Gasteiger partial charge in [-0.3, -0.25) is 0 Å². The van der Waals surface area contributed by atoms with Gasteiger partial charge in [-0.15, -0.1) is 0 Å². The Balaban J connectivity index is 1.68. The third-order valence-corrected chi connectivity index (χ3v) is 14.1. The van der Waals surface area contributed by atoms with Gasteiger partial charge in [-0.05, 0) is 0 Å². The Morgan fingerprint density at radius 3 is 2.39 bits per heavy atom. The van der Waals surface area contributed by atoms with E-state index in [1.807, 2.05) is 0 Å². The van der Waals surface area contributed by atoms with Gasteiger partial charge in [0, 0.05) is 0 Å². The molecule has 0 amide bonds. The van der Waals surface area contributed by atoms with Gasteiger partial charge in [0.05, 0.1) is 0 Å². The average Bonchev–Trinajstić information content (AvgIpc) is 2.87. The first-order valence-electron chi connectivity index (χ1n) is 14.4. The van der Waals surface area contributed by atoms with Crippen LogP contribution >= 0.6 is 0 Å². The average molecular weight is 619 g/mol. The van der Waals surface area contributed by atoms with E-state index in [9.17, 15) is 3.47 Å². The molecule has 0 unspecified atom stereocenters. The topological polar surface area (TPSA) is 29.3 Å². The van der Waals surface area contributed by atoms with E-state index in [0.717, 1.165) is 42.5 Å². The van der Waals surface area contributed by atoms with Gasteiger partial charge in [0.1, 0.15) is 0 Å². The number of anilines is 1.